The van der Waals surface area contributed by atoms with Crippen molar-refractivity contribution in [2.45, 2.75) is 57.8 Å². The van der Waals surface area contributed by atoms with Crippen molar-refractivity contribution in [3.8, 4) is 5.75 Å². The molecule has 0 bridgehead atoms. The highest BCUT2D eigenvalue weighted by atomic mass is 32.1. The molecule has 1 heterocycles. The number of nitrogens with two attached hydrogens (primary N) is 1. The molecule has 1 aromatic rings. The zero-order chi connectivity index (χ0) is 13.1. The molecule has 0 radical (unpaired) electrons. The lowest BCUT2D eigenvalue weighted by Crippen LogP contribution is -2.28. The fraction of sp³-hybridized carbons (Fsp3) is 0.750. The van der Waals surface area contributed by atoms with Gasteiger partial charge in [0.25, 0.3) is 0 Å². The number of hydrogen-bond donors (Lipinski definition) is 3. The maximum absolute atomic E-state index is 9.49. The standard InChI is InChI=1S/C12H21N3O2S/c1-7(2)17-10-11(13)15-18-12(10)14-8-3-5-9(16)6-4-8/h7-9,14,16H,3-6H2,1-2H3,(H2,13,15). The van der Waals surface area contributed by atoms with E-state index in [-0.39, 0.29) is 12.2 Å². The lowest BCUT2D eigenvalue weighted by molar-refractivity contribution is 0.126. The third-order valence-electron chi connectivity index (χ3n) is 3.06. The molecule has 18 heavy (non-hydrogen) atoms. The van der Waals surface area contributed by atoms with Crippen LogP contribution in [-0.2, 0) is 0 Å². The molecule has 1 aliphatic rings. The lowest BCUT2D eigenvalue weighted by Gasteiger charge is -2.26. The molecule has 0 amide bonds. The SMILES string of the molecule is CC(C)Oc1c(N)nsc1NC1CCC(O)CC1. The van der Waals surface area contributed by atoms with Crippen LogP contribution in [0.5, 0.6) is 5.75 Å². The van der Waals surface area contributed by atoms with Gasteiger partial charge in [0.2, 0.25) is 0 Å². The minimum absolute atomic E-state index is 0.0810. The predicted molar refractivity (Wildman–Crippen MR) is 74.2 cm³/mol. The van der Waals surface area contributed by atoms with Crippen molar-refractivity contribution in [3.05, 3.63) is 0 Å². The van der Waals surface area contributed by atoms with Crippen LogP contribution in [-0.4, -0.2) is 27.7 Å². The molecule has 1 aliphatic carbocycles. The van der Waals surface area contributed by atoms with Crippen molar-refractivity contribution >= 4 is 22.4 Å². The number of aliphatic hydroxyl groups is 1. The van der Waals surface area contributed by atoms with Gasteiger partial charge < -0.3 is 20.9 Å². The number of aliphatic hydroxyl groups excluding tert-OH is 1. The van der Waals surface area contributed by atoms with E-state index in [9.17, 15) is 5.11 Å². The molecule has 0 aliphatic heterocycles. The first-order valence-corrected chi connectivity index (χ1v) is 7.20. The molecule has 0 unspecified atom stereocenters. The first-order valence-electron chi connectivity index (χ1n) is 6.42. The number of nitrogens with zero attached hydrogens (tertiary/aromatic N) is 1. The van der Waals surface area contributed by atoms with E-state index in [0.717, 1.165) is 30.7 Å². The number of anilines is 2. The van der Waals surface area contributed by atoms with Crippen molar-refractivity contribution < 1.29 is 9.84 Å². The fourth-order valence-electron chi connectivity index (χ4n) is 2.14. The molecule has 1 saturated carbocycles. The van der Waals surface area contributed by atoms with Crippen molar-refractivity contribution in [3.63, 3.8) is 0 Å². The Balaban J connectivity index is 2.00. The largest absolute Gasteiger partial charge is 0.484 e. The first-order chi connectivity index (χ1) is 8.56. The number of rotatable bonds is 4. The van der Waals surface area contributed by atoms with Gasteiger partial charge >= 0.3 is 0 Å². The molecule has 6 heteroatoms. The Morgan fingerprint density at radius 3 is 2.67 bits per heavy atom. The molecule has 102 valence electrons. The molecular formula is C12H21N3O2S. The topological polar surface area (TPSA) is 80.4 Å². The molecule has 1 fully saturated rings. The Labute approximate surface area is 112 Å². The molecule has 0 atom stereocenters. The molecule has 0 saturated heterocycles. The fourth-order valence-corrected chi connectivity index (χ4v) is 2.87. The highest BCUT2D eigenvalue weighted by molar-refractivity contribution is 7.11. The lowest BCUT2D eigenvalue weighted by atomic mass is 9.93. The van der Waals surface area contributed by atoms with Gasteiger partial charge in [-0.2, -0.15) is 4.37 Å². The molecule has 5 nitrogen and oxygen atoms in total. The van der Waals surface area contributed by atoms with Crippen LogP contribution in [0, 0.1) is 0 Å². The summed E-state index contributed by atoms with van der Waals surface area (Å²) in [7, 11) is 0. The second-order valence-electron chi connectivity index (χ2n) is 5.04. The Hall–Kier alpha value is -1.01. The summed E-state index contributed by atoms with van der Waals surface area (Å²) in [4.78, 5) is 0. The number of nitrogens with one attached hydrogen (secondary N) is 1. The number of hydrogen-bond acceptors (Lipinski definition) is 6. The van der Waals surface area contributed by atoms with Gasteiger partial charge in [0, 0.05) is 6.04 Å². The van der Waals surface area contributed by atoms with Gasteiger partial charge in [-0.15, -0.1) is 0 Å². The van der Waals surface area contributed by atoms with Gasteiger partial charge in [-0.1, -0.05) is 0 Å². The van der Waals surface area contributed by atoms with Crippen LogP contribution >= 0.6 is 11.5 Å². The van der Waals surface area contributed by atoms with Crippen LogP contribution in [0.1, 0.15) is 39.5 Å². The van der Waals surface area contributed by atoms with Gasteiger partial charge in [0.15, 0.2) is 16.6 Å². The van der Waals surface area contributed by atoms with E-state index in [1.165, 1.54) is 11.5 Å². The van der Waals surface area contributed by atoms with E-state index in [1.807, 2.05) is 13.8 Å². The molecule has 0 spiro atoms. The molecular weight excluding hydrogens is 250 g/mol. The summed E-state index contributed by atoms with van der Waals surface area (Å²) < 4.78 is 9.82. The van der Waals surface area contributed by atoms with Crippen LogP contribution in [0.4, 0.5) is 10.8 Å². The molecule has 1 aromatic heterocycles. The second-order valence-corrected chi connectivity index (χ2v) is 5.82. The van der Waals surface area contributed by atoms with E-state index in [4.69, 9.17) is 10.5 Å². The third-order valence-corrected chi connectivity index (χ3v) is 3.83. The van der Waals surface area contributed by atoms with Gasteiger partial charge in [0.1, 0.15) is 0 Å². The van der Waals surface area contributed by atoms with E-state index in [2.05, 4.69) is 9.69 Å². The van der Waals surface area contributed by atoms with Crippen LogP contribution in [0.25, 0.3) is 0 Å². The van der Waals surface area contributed by atoms with Crippen molar-refractivity contribution in [1.82, 2.24) is 4.37 Å². The van der Waals surface area contributed by atoms with Gasteiger partial charge in [-0.25, -0.2) is 0 Å². The van der Waals surface area contributed by atoms with Crippen LogP contribution in [0.3, 0.4) is 0 Å². The Morgan fingerprint density at radius 1 is 1.39 bits per heavy atom. The minimum atomic E-state index is -0.138. The summed E-state index contributed by atoms with van der Waals surface area (Å²) in [6.45, 7) is 3.94. The molecule has 0 aromatic carbocycles. The zero-order valence-electron chi connectivity index (χ0n) is 10.8. The van der Waals surface area contributed by atoms with Crippen LogP contribution in [0.2, 0.25) is 0 Å². The number of ether oxygens (including phenoxy) is 1. The summed E-state index contributed by atoms with van der Waals surface area (Å²) in [6.07, 6.45) is 3.59. The normalized spacial score (nSPS) is 24.2. The van der Waals surface area contributed by atoms with E-state index >= 15 is 0 Å². The average Bonchev–Trinajstić information content (AvgIpc) is 2.64. The summed E-state index contributed by atoms with van der Waals surface area (Å²) in [6, 6.07) is 0.378. The first kappa shape index (κ1) is 13.4. The maximum atomic E-state index is 9.49. The zero-order valence-corrected chi connectivity index (χ0v) is 11.7. The van der Waals surface area contributed by atoms with Crippen LogP contribution in [0.15, 0.2) is 0 Å². The number of nitrogen functional groups attached to an aromatic ring is 1. The smallest absolute Gasteiger partial charge is 0.197 e. The Bertz CT molecular complexity index is 387. The quantitative estimate of drug-likeness (QED) is 0.782. The average molecular weight is 271 g/mol. The number of aromatic nitrogens is 1. The minimum Gasteiger partial charge on any atom is -0.484 e. The third kappa shape index (κ3) is 3.26. The van der Waals surface area contributed by atoms with E-state index < -0.39 is 0 Å². The summed E-state index contributed by atoms with van der Waals surface area (Å²) in [5.74, 6) is 1.12. The summed E-state index contributed by atoms with van der Waals surface area (Å²) in [5, 5.41) is 13.8. The summed E-state index contributed by atoms with van der Waals surface area (Å²) >= 11 is 1.34. The van der Waals surface area contributed by atoms with Crippen LogP contribution < -0.4 is 15.8 Å². The highest BCUT2D eigenvalue weighted by Gasteiger charge is 2.22. The Morgan fingerprint density at radius 2 is 2.06 bits per heavy atom. The van der Waals surface area contributed by atoms with Gasteiger partial charge in [-0.05, 0) is 51.1 Å². The van der Waals surface area contributed by atoms with Crippen molar-refractivity contribution in [2.75, 3.05) is 11.1 Å². The van der Waals surface area contributed by atoms with E-state index in [1.54, 1.807) is 0 Å². The Kier molecular flexibility index (Phi) is 4.29. The van der Waals surface area contributed by atoms with Crippen molar-refractivity contribution in [2.24, 2.45) is 0 Å². The predicted octanol–water partition coefficient (Wildman–Crippen LogP) is 2.23. The summed E-state index contributed by atoms with van der Waals surface area (Å²) in [5.41, 5.74) is 5.81. The maximum Gasteiger partial charge on any atom is 0.197 e. The molecule has 2 rings (SSSR count). The van der Waals surface area contributed by atoms with E-state index in [0.29, 0.717) is 17.6 Å². The van der Waals surface area contributed by atoms with Gasteiger partial charge in [-0.3, -0.25) is 0 Å². The van der Waals surface area contributed by atoms with Crippen molar-refractivity contribution in [1.29, 1.82) is 0 Å². The second kappa shape index (κ2) is 5.75. The highest BCUT2D eigenvalue weighted by Crippen LogP contribution is 2.37. The van der Waals surface area contributed by atoms with Gasteiger partial charge in [0.05, 0.1) is 12.2 Å². The molecule has 4 N–H and O–H groups in total. The monoisotopic (exact) mass is 271 g/mol.